The zero-order valence-electron chi connectivity index (χ0n) is 22.1. The van der Waals surface area contributed by atoms with Crippen LogP contribution in [0.5, 0.6) is 0 Å². The summed E-state index contributed by atoms with van der Waals surface area (Å²) in [4.78, 5) is 26.9. The van der Waals surface area contributed by atoms with Crippen molar-refractivity contribution in [1.82, 2.24) is 15.5 Å². The molecule has 0 aliphatic carbocycles. The number of unbranched alkanes of at least 4 members (excludes halogenated alkanes) is 10. The molecule has 1 fully saturated rings. The van der Waals surface area contributed by atoms with E-state index in [1.807, 2.05) is 0 Å². The van der Waals surface area contributed by atoms with Crippen molar-refractivity contribution in [3.63, 3.8) is 0 Å². The fourth-order valence-corrected chi connectivity index (χ4v) is 4.27. The van der Waals surface area contributed by atoms with Gasteiger partial charge in [-0.25, -0.2) is 0 Å². The quantitative estimate of drug-likeness (QED) is 0.170. The predicted molar refractivity (Wildman–Crippen MR) is 137 cm³/mol. The molecule has 1 rings (SSSR count). The summed E-state index contributed by atoms with van der Waals surface area (Å²) in [6.07, 6.45) is 15.9. The molecular formula is C27H53N3O3. The standard InChI is InChI=1S/C27H53N3O3/c1-5-7-9-11-13-15-17-26(31)28-19-23(3)30(21-25-22-33-25)24(4)20-29-27(32)18-16-14-12-10-8-6-2/h23-25H,5-22H2,1-4H3,(H,28,31)(H,29,32). The molecule has 0 bridgehead atoms. The van der Waals surface area contributed by atoms with Crippen molar-refractivity contribution >= 4 is 11.8 Å². The Bertz CT molecular complexity index is 473. The number of carbonyl (C=O) groups is 2. The van der Waals surface area contributed by atoms with E-state index in [2.05, 4.69) is 43.2 Å². The average molecular weight is 468 g/mol. The second-order valence-electron chi connectivity index (χ2n) is 9.99. The summed E-state index contributed by atoms with van der Waals surface area (Å²) in [5.74, 6) is 0.305. The number of nitrogens with zero attached hydrogens (tertiary/aromatic N) is 1. The maximum absolute atomic E-state index is 12.3. The zero-order valence-corrected chi connectivity index (χ0v) is 22.1. The normalized spacial score (nSPS) is 17.1. The molecule has 6 heteroatoms. The first-order valence-corrected chi connectivity index (χ1v) is 13.9. The lowest BCUT2D eigenvalue weighted by atomic mass is 10.1. The summed E-state index contributed by atoms with van der Waals surface area (Å²) >= 11 is 0. The summed E-state index contributed by atoms with van der Waals surface area (Å²) in [6.45, 7) is 11.7. The first-order chi connectivity index (χ1) is 16.0. The Morgan fingerprint density at radius 1 is 0.758 bits per heavy atom. The van der Waals surface area contributed by atoms with Crippen LogP contribution >= 0.6 is 0 Å². The van der Waals surface area contributed by atoms with Crippen LogP contribution < -0.4 is 10.6 Å². The van der Waals surface area contributed by atoms with Crippen molar-refractivity contribution < 1.29 is 14.3 Å². The van der Waals surface area contributed by atoms with E-state index < -0.39 is 0 Å². The number of carbonyl (C=O) groups excluding carboxylic acids is 2. The van der Waals surface area contributed by atoms with Crippen molar-refractivity contribution in [3.05, 3.63) is 0 Å². The average Bonchev–Trinajstić information content (AvgIpc) is 3.63. The lowest BCUT2D eigenvalue weighted by Crippen LogP contribution is -2.51. The molecule has 0 aromatic heterocycles. The lowest BCUT2D eigenvalue weighted by molar-refractivity contribution is -0.122. The van der Waals surface area contributed by atoms with Gasteiger partial charge in [-0.2, -0.15) is 0 Å². The van der Waals surface area contributed by atoms with Gasteiger partial charge in [-0.15, -0.1) is 0 Å². The topological polar surface area (TPSA) is 74.0 Å². The summed E-state index contributed by atoms with van der Waals surface area (Å²) in [7, 11) is 0. The van der Waals surface area contributed by atoms with Gasteiger partial charge in [0.1, 0.15) is 0 Å². The van der Waals surface area contributed by atoms with Gasteiger partial charge in [0.25, 0.3) is 0 Å². The maximum Gasteiger partial charge on any atom is 0.220 e. The van der Waals surface area contributed by atoms with Gasteiger partial charge in [-0.3, -0.25) is 14.5 Å². The van der Waals surface area contributed by atoms with E-state index >= 15 is 0 Å². The Labute approximate surface area is 204 Å². The third-order valence-corrected chi connectivity index (χ3v) is 6.65. The number of epoxide rings is 1. The zero-order chi connectivity index (χ0) is 24.3. The largest absolute Gasteiger partial charge is 0.372 e. The van der Waals surface area contributed by atoms with Gasteiger partial charge < -0.3 is 15.4 Å². The first-order valence-electron chi connectivity index (χ1n) is 13.9. The molecule has 2 amide bonds. The van der Waals surface area contributed by atoms with Crippen LogP contribution in [0, 0.1) is 0 Å². The van der Waals surface area contributed by atoms with Gasteiger partial charge in [-0.1, -0.05) is 78.1 Å². The molecule has 3 unspecified atom stereocenters. The molecule has 0 radical (unpaired) electrons. The number of rotatable bonds is 22. The molecule has 1 aliphatic rings. The third kappa shape index (κ3) is 16.2. The predicted octanol–water partition coefficient (Wildman–Crippen LogP) is 5.20. The van der Waals surface area contributed by atoms with Crippen LogP contribution in [0.15, 0.2) is 0 Å². The number of ether oxygens (including phenoxy) is 1. The number of nitrogens with one attached hydrogen (secondary N) is 2. The Balaban J connectivity index is 2.27. The summed E-state index contributed by atoms with van der Waals surface area (Å²) in [5.41, 5.74) is 0. The van der Waals surface area contributed by atoms with Crippen molar-refractivity contribution in [3.8, 4) is 0 Å². The molecule has 0 aromatic carbocycles. The second kappa shape index (κ2) is 19.2. The molecule has 0 saturated carbocycles. The molecule has 194 valence electrons. The number of hydrogen-bond acceptors (Lipinski definition) is 4. The van der Waals surface area contributed by atoms with E-state index in [9.17, 15) is 9.59 Å². The molecule has 0 spiro atoms. The highest BCUT2D eigenvalue weighted by atomic mass is 16.6. The minimum Gasteiger partial charge on any atom is -0.372 e. The SMILES string of the molecule is CCCCCCCCC(=O)NCC(C)N(CC1CO1)C(C)CNC(=O)CCCCCCCC. The van der Waals surface area contributed by atoms with E-state index in [-0.39, 0.29) is 30.0 Å². The van der Waals surface area contributed by atoms with E-state index in [0.29, 0.717) is 25.9 Å². The number of amides is 2. The monoisotopic (exact) mass is 467 g/mol. The minimum atomic E-state index is 0.153. The molecule has 1 saturated heterocycles. The van der Waals surface area contributed by atoms with Gasteiger partial charge in [0.15, 0.2) is 0 Å². The molecule has 1 heterocycles. The van der Waals surface area contributed by atoms with Crippen LogP contribution in [0.1, 0.15) is 118 Å². The molecule has 33 heavy (non-hydrogen) atoms. The van der Waals surface area contributed by atoms with Gasteiger partial charge in [-0.05, 0) is 26.7 Å². The van der Waals surface area contributed by atoms with E-state index in [4.69, 9.17) is 4.74 Å². The van der Waals surface area contributed by atoms with Gasteiger partial charge in [0.05, 0.1) is 12.7 Å². The fourth-order valence-electron chi connectivity index (χ4n) is 4.27. The van der Waals surface area contributed by atoms with Gasteiger partial charge >= 0.3 is 0 Å². The lowest BCUT2D eigenvalue weighted by Gasteiger charge is -2.34. The smallest absolute Gasteiger partial charge is 0.220 e. The Morgan fingerprint density at radius 3 is 1.55 bits per heavy atom. The molecule has 0 aromatic rings. The maximum atomic E-state index is 12.3. The Kier molecular flexibility index (Phi) is 17.4. The van der Waals surface area contributed by atoms with Crippen LogP contribution in [0.3, 0.4) is 0 Å². The van der Waals surface area contributed by atoms with Crippen LogP contribution in [-0.4, -0.2) is 61.1 Å². The van der Waals surface area contributed by atoms with Crippen LogP contribution in [0.25, 0.3) is 0 Å². The van der Waals surface area contributed by atoms with Gasteiger partial charge in [0.2, 0.25) is 11.8 Å². The number of hydrogen-bond donors (Lipinski definition) is 2. The second-order valence-corrected chi connectivity index (χ2v) is 9.99. The van der Waals surface area contributed by atoms with Crippen LogP contribution in [0.2, 0.25) is 0 Å². The van der Waals surface area contributed by atoms with E-state index in [1.54, 1.807) is 0 Å². The van der Waals surface area contributed by atoms with Crippen molar-refractivity contribution in [2.75, 3.05) is 26.2 Å². The van der Waals surface area contributed by atoms with Crippen molar-refractivity contribution in [1.29, 1.82) is 0 Å². The molecule has 6 nitrogen and oxygen atoms in total. The summed E-state index contributed by atoms with van der Waals surface area (Å²) in [6, 6.07) is 0.404. The van der Waals surface area contributed by atoms with Crippen molar-refractivity contribution in [2.24, 2.45) is 0 Å². The summed E-state index contributed by atoms with van der Waals surface area (Å²) in [5, 5.41) is 6.24. The first kappa shape index (κ1) is 29.9. The van der Waals surface area contributed by atoms with Crippen molar-refractivity contribution in [2.45, 2.75) is 136 Å². The van der Waals surface area contributed by atoms with Gasteiger partial charge in [0, 0.05) is 44.6 Å². The van der Waals surface area contributed by atoms with E-state index in [1.165, 1.54) is 51.4 Å². The highest BCUT2D eigenvalue weighted by molar-refractivity contribution is 5.76. The molecular weight excluding hydrogens is 414 g/mol. The van der Waals surface area contributed by atoms with E-state index in [0.717, 1.165) is 38.8 Å². The molecule has 2 N–H and O–H groups in total. The molecule has 1 aliphatic heterocycles. The van der Waals surface area contributed by atoms with Crippen LogP contribution in [-0.2, 0) is 14.3 Å². The van der Waals surface area contributed by atoms with Crippen LogP contribution in [0.4, 0.5) is 0 Å². The highest BCUT2D eigenvalue weighted by Crippen LogP contribution is 2.16. The third-order valence-electron chi connectivity index (χ3n) is 6.65. The Hall–Kier alpha value is -1.14. The minimum absolute atomic E-state index is 0.153. The molecule has 3 atom stereocenters. The Morgan fingerprint density at radius 2 is 1.15 bits per heavy atom. The summed E-state index contributed by atoms with van der Waals surface area (Å²) < 4.78 is 5.46. The fraction of sp³-hybridized carbons (Fsp3) is 0.926. The highest BCUT2D eigenvalue weighted by Gasteiger charge is 2.30.